The van der Waals surface area contributed by atoms with Crippen molar-refractivity contribution in [1.82, 2.24) is 5.32 Å². The summed E-state index contributed by atoms with van der Waals surface area (Å²) in [6.07, 6.45) is 1.05. The van der Waals surface area contributed by atoms with Crippen LogP contribution in [0, 0.1) is 11.3 Å². The molecule has 0 aliphatic carbocycles. The summed E-state index contributed by atoms with van der Waals surface area (Å²) in [7, 11) is 0. The van der Waals surface area contributed by atoms with E-state index in [1.54, 1.807) is 30.3 Å². The zero-order chi connectivity index (χ0) is 14.3. The lowest BCUT2D eigenvalue weighted by Crippen LogP contribution is -2.20. The number of nitrogens with one attached hydrogen (secondary N) is 2. The molecule has 1 rings (SSSR count). The number of hydrogen-bond donors (Lipinski definition) is 3. The number of aliphatic carboxylic acids is 1. The highest BCUT2D eigenvalue weighted by molar-refractivity contribution is 6.30. The Labute approximate surface area is 114 Å². The Balaban J connectivity index is 2.66. The molecule has 0 saturated heterocycles. The highest BCUT2D eigenvalue weighted by atomic mass is 35.5. The van der Waals surface area contributed by atoms with Crippen LogP contribution in [-0.2, 0) is 9.59 Å². The largest absolute Gasteiger partial charge is 0.480 e. The molecule has 98 valence electrons. The molecule has 0 aromatic heterocycles. The van der Waals surface area contributed by atoms with Gasteiger partial charge in [0.1, 0.15) is 18.2 Å². The zero-order valence-corrected chi connectivity index (χ0v) is 10.4. The van der Waals surface area contributed by atoms with Gasteiger partial charge in [-0.25, -0.2) is 0 Å². The topological polar surface area (TPSA) is 102 Å². The molecule has 6 nitrogen and oxygen atoms in total. The van der Waals surface area contributed by atoms with Gasteiger partial charge in [-0.2, -0.15) is 5.26 Å². The van der Waals surface area contributed by atoms with E-state index in [0.717, 1.165) is 6.20 Å². The number of hydrogen-bond acceptors (Lipinski definition) is 4. The van der Waals surface area contributed by atoms with Crippen molar-refractivity contribution in [3.63, 3.8) is 0 Å². The van der Waals surface area contributed by atoms with Crippen LogP contribution >= 0.6 is 11.6 Å². The van der Waals surface area contributed by atoms with Crippen LogP contribution in [0.4, 0.5) is 5.69 Å². The number of amides is 1. The van der Waals surface area contributed by atoms with Crippen LogP contribution < -0.4 is 10.6 Å². The number of benzene rings is 1. The summed E-state index contributed by atoms with van der Waals surface area (Å²) in [5.74, 6) is -1.73. The first-order valence-electron chi connectivity index (χ1n) is 5.15. The fourth-order valence-corrected chi connectivity index (χ4v) is 1.25. The van der Waals surface area contributed by atoms with Crippen LogP contribution in [0.25, 0.3) is 0 Å². The van der Waals surface area contributed by atoms with Gasteiger partial charge in [-0.05, 0) is 24.3 Å². The Kier molecular flexibility index (Phi) is 5.38. The van der Waals surface area contributed by atoms with Gasteiger partial charge >= 0.3 is 5.97 Å². The Morgan fingerprint density at radius 2 is 2.00 bits per heavy atom. The van der Waals surface area contributed by atoms with Gasteiger partial charge in [0.2, 0.25) is 0 Å². The second-order valence-electron chi connectivity index (χ2n) is 3.41. The maximum absolute atomic E-state index is 11.7. The van der Waals surface area contributed by atoms with Crippen molar-refractivity contribution in [1.29, 1.82) is 5.26 Å². The summed E-state index contributed by atoms with van der Waals surface area (Å²) in [5, 5.41) is 22.6. The van der Waals surface area contributed by atoms with Crippen LogP contribution in [-0.4, -0.2) is 23.5 Å². The third-order valence-corrected chi connectivity index (χ3v) is 2.22. The van der Waals surface area contributed by atoms with Crippen molar-refractivity contribution >= 4 is 29.2 Å². The van der Waals surface area contributed by atoms with Crippen LogP contribution in [0.3, 0.4) is 0 Å². The lowest BCUT2D eigenvalue weighted by Gasteiger charge is -2.04. The minimum Gasteiger partial charge on any atom is -0.480 e. The fraction of sp³-hybridized carbons (Fsp3) is 0.0833. The highest BCUT2D eigenvalue weighted by Crippen LogP contribution is 2.13. The van der Waals surface area contributed by atoms with E-state index in [0.29, 0.717) is 10.7 Å². The Morgan fingerprint density at radius 1 is 1.37 bits per heavy atom. The number of rotatable bonds is 5. The minimum atomic E-state index is -1.09. The van der Waals surface area contributed by atoms with Gasteiger partial charge in [0.25, 0.3) is 5.91 Å². The molecule has 7 heteroatoms. The molecule has 0 unspecified atom stereocenters. The first-order valence-corrected chi connectivity index (χ1v) is 5.53. The van der Waals surface area contributed by atoms with Gasteiger partial charge in [0, 0.05) is 16.9 Å². The van der Waals surface area contributed by atoms with Gasteiger partial charge in [-0.15, -0.1) is 0 Å². The summed E-state index contributed by atoms with van der Waals surface area (Å²) < 4.78 is 0. The molecule has 0 aliphatic rings. The molecule has 0 radical (unpaired) electrons. The van der Waals surface area contributed by atoms with E-state index in [1.165, 1.54) is 0 Å². The fourth-order valence-electron chi connectivity index (χ4n) is 1.12. The first-order chi connectivity index (χ1) is 9.02. The van der Waals surface area contributed by atoms with Crippen LogP contribution in [0.1, 0.15) is 0 Å². The van der Waals surface area contributed by atoms with E-state index in [4.69, 9.17) is 22.0 Å². The molecule has 0 saturated carbocycles. The maximum Gasteiger partial charge on any atom is 0.322 e. The third-order valence-electron chi connectivity index (χ3n) is 1.97. The lowest BCUT2D eigenvalue weighted by molar-refractivity contribution is -0.135. The van der Waals surface area contributed by atoms with E-state index in [1.807, 2.05) is 0 Å². The monoisotopic (exact) mass is 279 g/mol. The number of nitriles is 1. The first kappa shape index (κ1) is 14.5. The Morgan fingerprint density at radius 3 is 2.53 bits per heavy atom. The molecular formula is C12H10ClN3O3. The number of anilines is 1. The Hall–Kier alpha value is -2.52. The van der Waals surface area contributed by atoms with Gasteiger partial charge < -0.3 is 15.7 Å². The second kappa shape index (κ2) is 7.03. The molecule has 19 heavy (non-hydrogen) atoms. The van der Waals surface area contributed by atoms with Crippen molar-refractivity contribution < 1.29 is 14.7 Å². The van der Waals surface area contributed by atoms with Crippen molar-refractivity contribution in [2.24, 2.45) is 0 Å². The summed E-state index contributed by atoms with van der Waals surface area (Å²) >= 11 is 5.69. The summed E-state index contributed by atoms with van der Waals surface area (Å²) in [5.41, 5.74) is 0.255. The number of carbonyl (C=O) groups excluding carboxylic acids is 1. The molecule has 1 amide bonds. The molecule has 0 heterocycles. The lowest BCUT2D eigenvalue weighted by atomic mass is 10.2. The highest BCUT2D eigenvalue weighted by Gasteiger charge is 2.09. The number of carboxylic acids is 1. The van der Waals surface area contributed by atoms with Crippen LogP contribution in [0.5, 0.6) is 0 Å². The third kappa shape index (κ3) is 5.10. The maximum atomic E-state index is 11.7. The number of halogens is 1. The van der Waals surface area contributed by atoms with E-state index in [2.05, 4.69) is 10.6 Å². The normalized spacial score (nSPS) is 10.4. The van der Waals surface area contributed by atoms with Gasteiger partial charge in [-0.1, -0.05) is 11.6 Å². The average molecular weight is 280 g/mol. The van der Waals surface area contributed by atoms with E-state index < -0.39 is 11.9 Å². The minimum absolute atomic E-state index is 0.226. The predicted molar refractivity (Wildman–Crippen MR) is 69.4 cm³/mol. The molecule has 1 aromatic carbocycles. The smallest absolute Gasteiger partial charge is 0.322 e. The average Bonchev–Trinajstić information content (AvgIpc) is 2.37. The van der Waals surface area contributed by atoms with Gasteiger partial charge in [0.15, 0.2) is 0 Å². The van der Waals surface area contributed by atoms with E-state index >= 15 is 0 Å². The molecule has 3 N–H and O–H groups in total. The molecule has 0 bridgehead atoms. The number of carbonyl (C=O) groups is 2. The number of carboxylic acid groups (broad SMARTS) is 1. The van der Waals surface area contributed by atoms with E-state index in [9.17, 15) is 9.59 Å². The quantitative estimate of drug-likeness (QED) is 0.558. The van der Waals surface area contributed by atoms with Gasteiger partial charge in [-0.3, -0.25) is 9.59 Å². The van der Waals surface area contributed by atoms with Crippen molar-refractivity contribution in [2.45, 2.75) is 0 Å². The van der Waals surface area contributed by atoms with Crippen LogP contribution in [0.15, 0.2) is 36.0 Å². The second-order valence-corrected chi connectivity index (χ2v) is 3.84. The van der Waals surface area contributed by atoms with Gasteiger partial charge in [0.05, 0.1) is 0 Å². The molecular weight excluding hydrogens is 270 g/mol. The number of nitrogens with zero attached hydrogens (tertiary/aromatic N) is 1. The van der Waals surface area contributed by atoms with E-state index in [-0.39, 0.29) is 12.1 Å². The van der Waals surface area contributed by atoms with Crippen molar-refractivity contribution in [2.75, 3.05) is 11.9 Å². The summed E-state index contributed by atoms with van der Waals surface area (Å²) in [6.45, 7) is -0.376. The molecule has 0 atom stereocenters. The van der Waals surface area contributed by atoms with Crippen LogP contribution in [0.2, 0.25) is 5.02 Å². The Bertz CT molecular complexity index is 546. The molecule has 0 aliphatic heterocycles. The molecule has 1 aromatic rings. The zero-order valence-electron chi connectivity index (χ0n) is 9.68. The summed E-state index contributed by atoms with van der Waals surface area (Å²) in [4.78, 5) is 22.0. The van der Waals surface area contributed by atoms with Crippen molar-refractivity contribution in [3.8, 4) is 6.07 Å². The standard InChI is InChI=1S/C12H10ClN3O3/c13-9-1-3-10(4-2-9)16-12(19)8(5-14)6-15-7-11(17)18/h1-4,6,15H,7H2,(H,16,19)(H,17,18)/b8-6-. The SMILES string of the molecule is N#C/C(=C/NCC(=O)O)C(=O)Nc1ccc(Cl)cc1. The predicted octanol–water partition coefficient (Wildman–Crippen LogP) is 1.36. The van der Waals surface area contributed by atoms with Crippen molar-refractivity contribution in [3.05, 3.63) is 41.1 Å². The molecule has 0 spiro atoms. The summed E-state index contributed by atoms with van der Waals surface area (Å²) in [6, 6.07) is 8.03. The molecule has 0 fully saturated rings.